The molecule has 1 saturated heterocycles. The Balaban J connectivity index is 1.06. The summed E-state index contributed by atoms with van der Waals surface area (Å²) in [6, 6.07) is 15.7. The van der Waals surface area contributed by atoms with Gasteiger partial charge in [-0.1, -0.05) is 37.3 Å². The normalized spacial score (nSPS) is 15.7. The maximum absolute atomic E-state index is 12.1. The molecule has 0 unspecified atom stereocenters. The molecule has 0 spiro atoms. The molecule has 0 saturated carbocycles. The standard InChI is InChI=1S/C34H40N8O2/c1-2-28-32(38-21-30(34(43)44)37-20-23-5-7-24(8-6-23)25-11-16-35-17-12-25)39-22-40-33(28)42-18-13-26(14-19-42)29-10-9-27-4-3-15-36-31(27)41-29/h5-12,16-17,22,26,30,37H,2-4,13-15,18-21H2,1H3,(H,36,41)(H,43,44)(H,38,39,40)/t30-/m0/s1. The highest BCUT2D eigenvalue weighted by Gasteiger charge is 2.26. The molecule has 1 fully saturated rings. The zero-order valence-corrected chi connectivity index (χ0v) is 25.2. The van der Waals surface area contributed by atoms with Gasteiger partial charge in [0.1, 0.15) is 29.8 Å². The summed E-state index contributed by atoms with van der Waals surface area (Å²) >= 11 is 0. The fourth-order valence-electron chi connectivity index (χ4n) is 6.16. The number of hydrogen-bond donors (Lipinski definition) is 4. The van der Waals surface area contributed by atoms with E-state index in [9.17, 15) is 9.90 Å². The van der Waals surface area contributed by atoms with Crippen LogP contribution in [0.3, 0.4) is 0 Å². The molecule has 0 amide bonds. The maximum Gasteiger partial charge on any atom is 0.322 e. The molecule has 3 aromatic heterocycles. The van der Waals surface area contributed by atoms with Crippen LogP contribution in [0, 0.1) is 0 Å². The first-order valence-electron chi connectivity index (χ1n) is 15.6. The highest BCUT2D eigenvalue weighted by molar-refractivity contribution is 5.74. The number of carboxylic acids is 1. The van der Waals surface area contributed by atoms with Crippen molar-refractivity contribution in [3.05, 3.63) is 89.6 Å². The van der Waals surface area contributed by atoms with Crippen LogP contribution in [0.1, 0.15) is 54.5 Å². The quantitative estimate of drug-likeness (QED) is 0.191. The van der Waals surface area contributed by atoms with Crippen molar-refractivity contribution < 1.29 is 9.90 Å². The van der Waals surface area contributed by atoms with E-state index in [1.165, 1.54) is 11.3 Å². The number of aliphatic carboxylic acids is 1. The lowest BCUT2D eigenvalue weighted by molar-refractivity contribution is -0.139. The summed E-state index contributed by atoms with van der Waals surface area (Å²) in [5.74, 6) is 2.20. The molecule has 1 aromatic carbocycles. The van der Waals surface area contributed by atoms with Gasteiger partial charge in [0.15, 0.2) is 0 Å². The van der Waals surface area contributed by atoms with Crippen LogP contribution in [0.25, 0.3) is 11.1 Å². The number of hydrogen-bond acceptors (Lipinski definition) is 9. The Kier molecular flexibility index (Phi) is 9.26. The summed E-state index contributed by atoms with van der Waals surface area (Å²) in [6.45, 7) is 5.51. The molecule has 0 aliphatic carbocycles. The summed E-state index contributed by atoms with van der Waals surface area (Å²) in [5.41, 5.74) is 6.71. The van der Waals surface area contributed by atoms with E-state index in [1.807, 2.05) is 36.4 Å². The van der Waals surface area contributed by atoms with Crippen LogP contribution in [-0.2, 0) is 24.2 Å². The van der Waals surface area contributed by atoms with Crippen LogP contribution in [-0.4, -0.2) is 63.2 Å². The SMILES string of the molecule is CCc1c(NC[C@H](NCc2ccc(-c3ccncc3)cc2)C(=O)O)ncnc1N1CCC(c2ccc3c(n2)NCCC3)CC1. The molecule has 2 aliphatic rings. The summed E-state index contributed by atoms with van der Waals surface area (Å²) < 4.78 is 0. The van der Waals surface area contributed by atoms with Gasteiger partial charge in [-0.2, -0.15) is 0 Å². The molecular weight excluding hydrogens is 552 g/mol. The van der Waals surface area contributed by atoms with Crippen molar-refractivity contribution in [3.63, 3.8) is 0 Å². The first-order chi connectivity index (χ1) is 21.6. The van der Waals surface area contributed by atoms with Crippen molar-refractivity contribution in [1.29, 1.82) is 0 Å². The number of pyridine rings is 2. The number of fused-ring (bicyclic) bond motifs is 1. The number of benzene rings is 1. The molecule has 5 heterocycles. The predicted octanol–water partition coefficient (Wildman–Crippen LogP) is 4.89. The minimum absolute atomic E-state index is 0.202. The van der Waals surface area contributed by atoms with Crippen molar-refractivity contribution in [1.82, 2.24) is 25.3 Å². The largest absolute Gasteiger partial charge is 0.480 e. The molecule has 10 nitrogen and oxygen atoms in total. The monoisotopic (exact) mass is 592 g/mol. The van der Waals surface area contributed by atoms with Gasteiger partial charge in [-0.25, -0.2) is 15.0 Å². The van der Waals surface area contributed by atoms with Crippen LogP contribution in [0.15, 0.2) is 67.3 Å². The number of rotatable bonds is 11. The molecule has 4 aromatic rings. The average molecular weight is 593 g/mol. The summed E-state index contributed by atoms with van der Waals surface area (Å²) in [6.07, 6.45) is 10.1. The molecule has 6 rings (SSSR count). The van der Waals surface area contributed by atoms with Gasteiger partial charge in [-0.05, 0) is 72.6 Å². The van der Waals surface area contributed by atoms with Gasteiger partial charge in [0.25, 0.3) is 0 Å². The van der Waals surface area contributed by atoms with E-state index in [4.69, 9.17) is 4.98 Å². The molecule has 1 atom stereocenters. The predicted molar refractivity (Wildman–Crippen MR) is 173 cm³/mol. The first-order valence-corrected chi connectivity index (χ1v) is 15.6. The Labute approximate surface area is 258 Å². The number of aryl methyl sites for hydroxylation is 1. The lowest BCUT2D eigenvalue weighted by Gasteiger charge is -2.34. The van der Waals surface area contributed by atoms with Gasteiger partial charge < -0.3 is 20.6 Å². The van der Waals surface area contributed by atoms with Gasteiger partial charge >= 0.3 is 5.97 Å². The Morgan fingerprint density at radius 2 is 1.82 bits per heavy atom. The Morgan fingerprint density at radius 3 is 2.57 bits per heavy atom. The van der Waals surface area contributed by atoms with E-state index in [-0.39, 0.29) is 6.54 Å². The smallest absolute Gasteiger partial charge is 0.322 e. The van der Waals surface area contributed by atoms with Crippen molar-refractivity contribution >= 4 is 23.4 Å². The minimum atomic E-state index is -0.911. The third-order valence-corrected chi connectivity index (χ3v) is 8.70. The van der Waals surface area contributed by atoms with E-state index in [0.717, 1.165) is 85.6 Å². The van der Waals surface area contributed by atoms with Crippen molar-refractivity contribution in [2.24, 2.45) is 0 Å². The highest BCUT2D eigenvalue weighted by Crippen LogP contribution is 2.33. The fraction of sp³-hybridized carbons (Fsp3) is 0.382. The summed E-state index contributed by atoms with van der Waals surface area (Å²) in [7, 11) is 0. The van der Waals surface area contributed by atoms with Gasteiger partial charge in [-0.3, -0.25) is 15.1 Å². The lowest BCUT2D eigenvalue weighted by atomic mass is 9.92. The lowest BCUT2D eigenvalue weighted by Crippen LogP contribution is -2.42. The zero-order chi connectivity index (χ0) is 30.3. The summed E-state index contributed by atoms with van der Waals surface area (Å²) in [4.78, 5) is 32.7. The van der Waals surface area contributed by atoms with Gasteiger partial charge in [0.2, 0.25) is 0 Å². The second kappa shape index (κ2) is 13.8. The van der Waals surface area contributed by atoms with E-state index in [1.54, 1.807) is 18.7 Å². The summed E-state index contributed by atoms with van der Waals surface area (Å²) in [5, 5.41) is 19.9. The third kappa shape index (κ3) is 6.81. The highest BCUT2D eigenvalue weighted by atomic mass is 16.4. The van der Waals surface area contributed by atoms with E-state index < -0.39 is 12.0 Å². The van der Waals surface area contributed by atoms with Crippen LogP contribution in [0.4, 0.5) is 17.5 Å². The number of anilines is 3. The van der Waals surface area contributed by atoms with Crippen LogP contribution >= 0.6 is 0 Å². The van der Waals surface area contributed by atoms with Gasteiger partial charge in [0.05, 0.1) is 0 Å². The van der Waals surface area contributed by atoms with Gasteiger partial charge in [0, 0.05) is 62.3 Å². The van der Waals surface area contributed by atoms with E-state index in [0.29, 0.717) is 18.3 Å². The van der Waals surface area contributed by atoms with Crippen molar-refractivity contribution in [3.8, 4) is 11.1 Å². The Morgan fingerprint density at radius 1 is 1.05 bits per heavy atom. The topological polar surface area (TPSA) is 128 Å². The van der Waals surface area contributed by atoms with Crippen LogP contribution < -0.4 is 20.9 Å². The van der Waals surface area contributed by atoms with E-state index >= 15 is 0 Å². The number of carbonyl (C=O) groups is 1. The van der Waals surface area contributed by atoms with Crippen LogP contribution in [0.2, 0.25) is 0 Å². The second-order valence-electron chi connectivity index (χ2n) is 11.5. The van der Waals surface area contributed by atoms with Crippen molar-refractivity contribution in [2.75, 3.05) is 41.7 Å². The zero-order valence-electron chi connectivity index (χ0n) is 25.2. The molecule has 4 N–H and O–H groups in total. The molecule has 228 valence electrons. The average Bonchev–Trinajstić information content (AvgIpc) is 3.08. The van der Waals surface area contributed by atoms with Crippen LogP contribution in [0.5, 0.6) is 0 Å². The maximum atomic E-state index is 12.1. The van der Waals surface area contributed by atoms with Crippen molar-refractivity contribution in [2.45, 2.75) is 57.5 Å². The van der Waals surface area contributed by atoms with Gasteiger partial charge in [-0.15, -0.1) is 0 Å². The first kappa shape index (κ1) is 29.5. The minimum Gasteiger partial charge on any atom is -0.480 e. The molecule has 44 heavy (non-hydrogen) atoms. The second-order valence-corrected chi connectivity index (χ2v) is 11.5. The number of nitrogens with one attached hydrogen (secondary N) is 3. The van der Waals surface area contributed by atoms with E-state index in [2.05, 4.69) is 54.9 Å². The number of nitrogens with zero attached hydrogens (tertiary/aromatic N) is 5. The molecule has 10 heteroatoms. The number of carboxylic acid groups (broad SMARTS) is 1. The molecule has 2 aliphatic heterocycles. The number of piperidine rings is 1. The molecule has 0 radical (unpaired) electrons. The Bertz CT molecular complexity index is 1560. The molecular formula is C34H40N8O2. The fourth-order valence-corrected chi connectivity index (χ4v) is 6.16. The number of aromatic nitrogens is 4. The third-order valence-electron chi connectivity index (χ3n) is 8.70. The molecule has 0 bridgehead atoms. The Hall–Kier alpha value is -4.57.